The van der Waals surface area contributed by atoms with Crippen molar-refractivity contribution >= 4 is 28.6 Å². The molecule has 0 fully saturated rings. The fourth-order valence-corrected chi connectivity index (χ4v) is 3.50. The van der Waals surface area contributed by atoms with Crippen molar-refractivity contribution in [2.45, 2.75) is 26.4 Å². The van der Waals surface area contributed by atoms with Crippen LogP contribution in [0.3, 0.4) is 0 Å². The first-order valence-corrected chi connectivity index (χ1v) is 7.33. The van der Waals surface area contributed by atoms with E-state index < -0.39 is 12.0 Å². The maximum Gasteiger partial charge on any atom is 0.325 e. The standard InChI is InChI=1S/C13H15NO2S2/c1-8-6-11(9(2)18-8)12(13(15)16)14-7-10-4-3-5-17-10/h3-6,12,14H,7H2,1-2H3,(H,15,16). The summed E-state index contributed by atoms with van der Waals surface area (Å²) in [6, 6.07) is 5.30. The molecule has 0 aromatic carbocycles. The lowest BCUT2D eigenvalue weighted by atomic mass is 10.1. The second-order valence-corrected chi connectivity index (χ2v) is 6.59. The van der Waals surface area contributed by atoms with Crippen LogP contribution in [0.15, 0.2) is 23.6 Å². The number of hydrogen-bond acceptors (Lipinski definition) is 4. The summed E-state index contributed by atoms with van der Waals surface area (Å²) in [4.78, 5) is 14.7. The van der Waals surface area contributed by atoms with Crippen LogP contribution in [0.25, 0.3) is 0 Å². The molecule has 2 heterocycles. The van der Waals surface area contributed by atoms with Gasteiger partial charge < -0.3 is 5.11 Å². The zero-order chi connectivity index (χ0) is 13.1. The molecule has 18 heavy (non-hydrogen) atoms. The third-order valence-electron chi connectivity index (χ3n) is 2.70. The molecule has 1 atom stereocenters. The second-order valence-electron chi connectivity index (χ2n) is 4.10. The van der Waals surface area contributed by atoms with Crippen LogP contribution in [0.5, 0.6) is 0 Å². The summed E-state index contributed by atoms with van der Waals surface area (Å²) in [7, 11) is 0. The Morgan fingerprint density at radius 2 is 2.28 bits per heavy atom. The molecule has 0 amide bonds. The van der Waals surface area contributed by atoms with Crippen LogP contribution in [-0.4, -0.2) is 11.1 Å². The van der Waals surface area contributed by atoms with E-state index in [1.54, 1.807) is 22.7 Å². The minimum atomic E-state index is -0.826. The average molecular weight is 281 g/mol. The number of hydrogen-bond donors (Lipinski definition) is 2. The van der Waals surface area contributed by atoms with Gasteiger partial charge in [0.05, 0.1) is 0 Å². The van der Waals surface area contributed by atoms with Crippen molar-refractivity contribution in [1.82, 2.24) is 5.32 Å². The number of carbonyl (C=O) groups is 1. The van der Waals surface area contributed by atoms with Gasteiger partial charge in [0, 0.05) is 21.2 Å². The van der Waals surface area contributed by atoms with E-state index in [1.165, 1.54) is 0 Å². The van der Waals surface area contributed by atoms with Crippen molar-refractivity contribution in [2.75, 3.05) is 0 Å². The second kappa shape index (κ2) is 5.65. The van der Waals surface area contributed by atoms with E-state index in [2.05, 4.69) is 5.32 Å². The van der Waals surface area contributed by atoms with Crippen molar-refractivity contribution in [1.29, 1.82) is 0 Å². The maximum atomic E-state index is 11.4. The lowest BCUT2D eigenvalue weighted by molar-refractivity contribution is -0.139. The van der Waals surface area contributed by atoms with Gasteiger partial charge in [-0.25, -0.2) is 0 Å². The molecule has 1 unspecified atom stereocenters. The molecule has 0 bridgehead atoms. The third kappa shape index (κ3) is 2.98. The smallest absolute Gasteiger partial charge is 0.325 e. The van der Waals surface area contributed by atoms with Gasteiger partial charge >= 0.3 is 5.97 Å². The zero-order valence-corrected chi connectivity index (χ0v) is 11.9. The summed E-state index contributed by atoms with van der Waals surface area (Å²) in [5.41, 5.74) is 0.876. The topological polar surface area (TPSA) is 49.3 Å². The van der Waals surface area contributed by atoms with Crippen LogP contribution in [0.1, 0.15) is 26.2 Å². The Balaban J connectivity index is 2.13. The minimum Gasteiger partial charge on any atom is -0.480 e. The third-order valence-corrected chi connectivity index (χ3v) is 4.56. The Morgan fingerprint density at radius 3 is 2.78 bits per heavy atom. The number of nitrogens with one attached hydrogen (secondary N) is 1. The molecule has 2 aromatic rings. The largest absolute Gasteiger partial charge is 0.480 e. The van der Waals surface area contributed by atoms with E-state index in [1.807, 2.05) is 37.4 Å². The summed E-state index contributed by atoms with van der Waals surface area (Å²) in [5.74, 6) is -0.826. The van der Waals surface area contributed by atoms with Gasteiger partial charge in [0.1, 0.15) is 6.04 Å². The number of carboxylic acid groups (broad SMARTS) is 1. The number of aliphatic carboxylic acids is 1. The molecular formula is C13H15NO2S2. The molecule has 0 saturated heterocycles. The molecule has 2 N–H and O–H groups in total. The lowest BCUT2D eigenvalue weighted by Gasteiger charge is -2.13. The summed E-state index contributed by atoms with van der Waals surface area (Å²) in [5, 5.41) is 14.4. The molecule has 0 aliphatic heterocycles. The van der Waals surface area contributed by atoms with Crippen molar-refractivity contribution in [3.05, 3.63) is 43.8 Å². The van der Waals surface area contributed by atoms with Gasteiger partial charge in [-0.1, -0.05) is 6.07 Å². The monoisotopic (exact) mass is 281 g/mol. The van der Waals surface area contributed by atoms with Gasteiger partial charge in [-0.15, -0.1) is 22.7 Å². The molecule has 0 spiro atoms. The number of carboxylic acids is 1. The van der Waals surface area contributed by atoms with Crippen LogP contribution < -0.4 is 5.32 Å². The summed E-state index contributed by atoms with van der Waals surface area (Å²) < 4.78 is 0. The Bertz CT molecular complexity index is 531. The Labute approximate surface area is 114 Å². The van der Waals surface area contributed by atoms with E-state index in [4.69, 9.17) is 0 Å². The van der Waals surface area contributed by atoms with E-state index in [-0.39, 0.29) is 0 Å². The number of thiophene rings is 2. The lowest BCUT2D eigenvalue weighted by Crippen LogP contribution is -2.27. The van der Waals surface area contributed by atoms with Gasteiger partial charge in [0.25, 0.3) is 0 Å². The molecule has 0 saturated carbocycles. The van der Waals surface area contributed by atoms with Crippen molar-refractivity contribution in [3.8, 4) is 0 Å². The highest BCUT2D eigenvalue weighted by molar-refractivity contribution is 7.12. The molecule has 96 valence electrons. The van der Waals surface area contributed by atoms with Gasteiger partial charge in [-0.2, -0.15) is 0 Å². The summed E-state index contributed by atoms with van der Waals surface area (Å²) in [6.07, 6.45) is 0. The van der Waals surface area contributed by atoms with E-state index in [0.717, 1.165) is 20.2 Å². The van der Waals surface area contributed by atoms with Gasteiger partial charge in [-0.3, -0.25) is 10.1 Å². The highest BCUT2D eigenvalue weighted by atomic mass is 32.1. The van der Waals surface area contributed by atoms with Crippen LogP contribution >= 0.6 is 22.7 Å². The summed E-state index contributed by atoms with van der Waals surface area (Å²) >= 11 is 3.27. The Kier molecular flexibility index (Phi) is 4.16. The van der Waals surface area contributed by atoms with Crippen molar-refractivity contribution in [3.63, 3.8) is 0 Å². The van der Waals surface area contributed by atoms with Crippen LogP contribution in [0.4, 0.5) is 0 Å². The molecular weight excluding hydrogens is 266 g/mol. The quantitative estimate of drug-likeness (QED) is 0.883. The fraction of sp³-hybridized carbons (Fsp3) is 0.308. The van der Waals surface area contributed by atoms with Gasteiger partial charge in [0.15, 0.2) is 0 Å². The summed E-state index contributed by atoms with van der Waals surface area (Å²) in [6.45, 7) is 4.55. The molecule has 3 nitrogen and oxygen atoms in total. The van der Waals surface area contributed by atoms with Crippen LogP contribution in [0, 0.1) is 13.8 Å². The zero-order valence-electron chi connectivity index (χ0n) is 10.3. The predicted octanol–water partition coefficient (Wildman–Crippen LogP) is 3.34. The molecule has 0 aliphatic rings. The van der Waals surface area contributed by atoms with E-state index in [0.29, 0.717) is 6.54 Å². The first kappa shape index (κ1) is 13.3. The molecule has 2 rings (SSSR count). The van der Waals surface area contributed by atoms with Gasteiger partial charge in [-0.05, 0) is 36.9 Å². The number of rotatable bonds is 5. The Morgan fingerprint density at radius 1 is 1.50 bits per heavy atom. The van der Waals surface area contributed by atoms with E-state index in [9.17, 15) is 9.90 Å². The SMILES string of the molecule is Cc1cc(C(NCc2cccs2)C(=O)O)c(C)s1. The van der Waals surface area contributed by atoms with Crippen LogP contribution in [-0.2, 0) is 11.3 Å². The first-order valence-electron chi connectivity index (χ1n) is 5.63. The average Bonchev–Trinajstić information content (AvgIpc) is 2.89. The van der Waals surface area contributed by atoms with E-state index >= 15 is 0 Å². The normalized spacial score (nSPS) is 12.6. The minimum absolute atomic E-state index is 0.586. The predicted molar refractivity (Wildman–Crippen MR) is 75.3 cm³/mol. The highest BCUT2D eigenvalue weighted by Crippen LogP contribution is 2.27. The number of aryl methyl sites for hydroxylation is 2. The van der Waals surface area contributed by atoms with Crippen molar-refractivity contribution in [2.24, 2.45) is 0 Å². The van der Waals surface area contributed by atoms with Crippen molar-refractivity contribution < 1.29 is 9.90 Å². The molecule has 0 aliphatic carbocycles. The molecule has 0 radical (unpaired) electrons. The van der Waals surface area contributed by atoms with Gasteiger partial charge in [0.2, 0.25) is 0 Å². The Hall–Kier alpha value is -1.17. The molecule has 2 aromatic heterocycles. The fourth-order valence-electron chi connectivity index (χ4n) is 1.88. The maximum absolute atomic E-state index is 11.4. The molecule has 5 heteroatoms. The van der Waals surface area contributed by atoms with Crippen LogP contribution in [0.2, 0.25) is 0 Å². The highest BCUT2D eigenvalue weighted by Gasteiger charge is 2.22. The first-order chi connectivity index (χ1) is 8.58.